The molecule has 0 bridgehead atoms. The molecule has 2 fully saturated rings. The van der Waals surface area contributed by atoms with E-state index in [4.69, 9.17) is 33.8 Å². The summed E-state index contributed by atoms with van der Waals surface area (Å²) in [6.07, 6.45) is 8.98. The molecular weight excluding hydrogens is 1110 g/mol. The third-order valence-corrected chi connectivity index (χ3v) is 17.3. The minimum atomic E-state index is -1.19. The number of ether oxygens (including phenoxy) is 4. The van der Waals surface area contributed by atoms with E-state index < -0.39 is 46.8 Å². The first-order valence-corrected chi connectivity index (χ1v) is 34.2. The highest BCUT2D eigenvalue weighted by Crippen LogP contribution is 2.38. The van der Waals surface area contributed by atoms with E-state index in [-0.39, 0.29) is 30.7 Å². The monoisotopic (exact) mass is 1190 g/mol. The number of aliphatic carboxylic acids is 1. The van der Waals surface area contributed by atoms with Crippen molar-refractivity contribution in [2.24, 2.45) is 0 Å². The molecule has 0 unspecified atom stereocenters. The van der Waals surface area contributed by atoms with Gasteiger partial charge in [-0.15, -0.1) is 0 Å². The zero-order chi connectivity index (χ0) is 54.2. The molecule has 0 saturated carbocycles. The summed E-state index contributed by atoms with van der Waals surface area (Å²) in [6.45, 7) is 29.9. The van der Waals surface area contributed by atoms with Gasteiger partial charge in [0.2, 0.25) is 5.78 Å². The van der Waals surface area contributed by atoms with Crippen LogP contribution in [0.5, 0.6) is 0 Å². The minimum Gasteiger partial charge on any atom is -0.481 e. The van der Waals surface area contributed by atoms with Crippen LogP contribution in [0.3, 0.4) is 0 Å². The average molecular weight is 1190 g/mol. The van der Waals surface area contributed by atoms with Gasteiger partial charge >= 0.3 is 19.1 Å². The number of carboxylic acids is 1. The number of likely N-dealkylation sites (tertiary alicyclic amines) is 1. The number of Topliss-reactive ketones (excluding diaryl/α,β-unsaturated/α-hetero) is 1. The molecule has 1 amide bonds. The highest BCUT2D eigenvalue weighted by molar-refractivity contribution is 9.11. The number of hydrogen-bond acceptors (Lipinski definition) is 12. The van der Waals surface area contributed by atoms with Crippen molar-refractivity contribution in [3.63, 3.8) is 0 Å². The number of H-pyrrole nitrogens is 1. The quantitative estimate of drug-likeness (QED) is 0.0294. The number of nitrogens with one attached hydrogen (secondary N) is 1. The lowest BCUT2D eigenvalue weighted by Crippen LogP contribution is -2.45. The van der Waals surface area contributed by atoms with Gasteiger partial charge in [-0.1, -0.05) is 71.1 Å². The van der Waals surface area contributed by atoms with Crippen molar-refractivity contribution >= 4 is 101 Å². The van der Waals surface area contributed by atoms with E-state index >= 15 is 0 Å². The fourth-order valence-corrected chi connectivity index (χ4v) is 11.7. The summed E-state index contributed by atoms with van der Waals surface area (Å²) in [6, 6.07) is 9.41. The van der Waals surface area contributed by atoms with E-state index in [0.717, 1.165) is 92.9 Å². The van der Waals surface area contributed by atoms with Crippen LogP contribution in [0.15, 0.2) is 51.8 Å². The number of fused-ring (bicyclic) bond motifs is 2. The maximum Gasteiger partial charge on any atom is 0.410 e. The van der Waals surface area contributed by atoms with Crippen LogP contribution in [0.1, 0.15) is 86.7 Å². The van der Waals surface area contributed by atoms with Crippen molar-refractivity contribution in [1.82, 2.24) is 35.0 Å². The Hall–Kier alpha value is -4.13. The summed E-state index contributed by atoms with van der Waals surface area (Å²) >= 11 is 7.35. The minimum absolute atomic E-state index is 0. The van der Waals surface area contributed by atoms with Crippen LogP contribution in [0.25, 0.3) is 33.1 Å². The maximum atomic E-state index is 13.1. The largest absolute Gasteiger partial charge is 0.481 e. The van der Waals surface area contributed by atoms with Crippen molar-refractivity contribution in [2.45, 2.75) is 157 Å². The van der Waals surface area contributed by atoms with Crippen molar-refractivity contribution in [2.75, 3.05) is 32.9 Å². The smallest absolute Gasteiger partial charge is 0.410 e. The van der Waals surface area contributed by atoms with E-state index in [1.54, 1.807) is 22.6 Å². The number of hydrogen-bond donors (Lipinski definition) is 4. The lowest BCUT2D eigenvalue weighted by atomic mass is 9.84. The molecule has 2 aliphatic heterocycles. The van der Waals surface area contributed by atoms with Gasteiger partial charge in [0.05, 0.1) is 29.0 Å². The number of aryl methyl sites for hydroxylation is 2. The molecule has 5 heterocycles. The van der Waals surface area contributed by atoms with E-state index in [0.29, 0.717) is 45.1 Å². The number of nitrogens with zero attached hydrogens (tertiary/aromatic N) is 5. The standard InChI is InChI=1S/C27H39BrN4O3Si.C23H34BBrN2O5Si.C2H4O2.H3N/c1-18-16-31(17-34-13-14-36(5,6)7)24-19(10-11-20(28)23(18)24)21-15-29-25(30-21)22-9-8-12-32(22)26(33)35-27(2,3)4;1-16-13-26(15-31-11-12-33(3,4)5)22-17(8-9-18(25)21(16)22)20(28)14-32-23(29)19-7-6-10-27(19)24(2)30;1-2(3)4;/h10-11,15-16,22H,8-9,12-14,17H2,1-7H3,(H,29,30);8-9,13,19,30H,6-7,10-12,14-15H2,1-5H3;1H3,(H,3,4);1H3/t22-;19-;;/m00../s1. The van der Waals surface area contributed by atoms with Crippen molar-refractivity contribution in [1.29, 1.82) is 0 Å². The van der Waals surface area contributed by atoms with E-state index in [9.17, 15) is 19.4 Å². The third kappa shape index (κ3) is 17.2. The highest BCUT2D eigenvalue weighted by atomic mass is 79.9. The molecule has 17 nitrogen and oxygen atoms in total. The molecule has 408 valence electrons. The number of benzene rings is 2. The number of amides is 1. The molecule has 2 aliphatic rings. The van der Waals surface area contributed by atoms with E-state index in [1.807, 2.05) is 50.7 Å². The molecule has 7 rings (SSSR count). The fourth-order valence-electron chi connectivity index (χ4n) is 8.97. The molecule has 6 N–H and O–H groups in total. The van der Waals surface area contributed by atoms with Gasteiger partial charge in [0.25, 0.3) is 5.97 Å². The number of ketones is 1. The molecule has 22 heteroatoms. The summed E-state index contributed by atoms with van der Waals surface area (Å²) in [5.41, 5.74) is 6.09. The number of rotatable bonds is 17. The number of carboxylic acid groups (broad SMARTS) is 1. The van der Waals surface area contributed by atoms with Crippen LogP contribution >= 0.6 is 31.9 Å². The second kappa shape index (κ2) is 26.8. The molecule has 5 aromatic rings. The number of esters is 1. The second-order valence-electron chi connectivity index (χ2n) is 22.5. The number of carbonyl (C=O) groups is 4. The van der Waals surface area contributed by atoms with Crippen LogP contribution < -0.4 is 6.15 Å². The predicted octanol–water partition coefficient (Wildman–Crippen LogP) is 12.1. The molecule has 0 aliphatic carbocycles. The third-order valence-electron chi connectivity index (χ3n) is 12.5. The fraction of sp³-hybridized carbons (Fsp3) is 0.558. The van der Waals surface area contributed by atoms with Crippen LogP contribution in [0.2, 0.25) is 58.2 Å². The summed E-state index contributed by atoms with van der Waals surface area (Å²) in [4.78, 5) is 59.3. The molecular formula is C52H80BBr2N7O10Si2. The van der Waals surface area contributed by atoms with Crippen molar-refractivity contribution < 1.29 is 48.3 Å². The Balaban J connectivity index is 0.000000296. The number of halogens is 2. The number of aromatic amines is 1. The number of carbonyl (C=O) groups excluding carboxylic acids is 3. The summed E-state index contributed by atoms with van der Waals surface area (Å²) < 4.78 is 29.2. The first-order valence-electron chi connectivity index (χ1n) is 25.2. The van der Waals surface area contributed by atoms with Gasteiger partial charge < -0.3 is 54.2 Å². The average Bonchev–Trinajstić information content (AvgIpc) is 4.13. The maximum absolute atomic E-state index is 13.1. The van der Waals surface area contributed by atoms with Crippen molar-refractivity contribution in [3.8, 4) is 11.3 Å². The Kier molecular flexibility index (Phi) is 22.6. The van der Waals surface area contributed by atoms with Gasteiger partial charge in [-0.05, 0) is 121 Å². The second-order valence-corrected chi connectivity index (χ2v) is 35.4. The molecule has 2 aromatic carbocycles. The van der Waals surface area contributed by atoms with Gasteiger partial charge in [-0.2, -0.15) is 0 Å². The summed E-state index contributed by atoms with van der Waals surface area (Å²) in [7, 11) is -3.06. The van der Waals surface area contributed by atoms with Gasteiger partial charge in [0.15, 0.2) is 6.61 Å². The van der Waals surface area contributed by atoms with E-state index in [1.165, 1.54) is 10.9 Å². The van der Waals surface area contributed by atoms with Crippen LogP contribution in [-0.4, -0.2) is 131 Å². The topological polar surface area (TPSA) is 226 Å². The highest BCUT2D eigenvalue weighted by Gasteiger charge is 2.37. The Morgan fingerprint density at radius 3 is 1.91 bits per heavy atom. The lowest BCUT2D eigenvalue weighted by molar-refractivity contribution is -0.146. The van der Waals surface area contributed by atoms with Gasteiger partial charge in [0, 0.05) is 86.1 Å². The summed E-state index contributed by atoms with van der Waals surface area (Å²) in [5, 5.41) is 19.4. The summed E-state index contributed by atoms with van der Waals surface area (Å²) in [5.74, 6) is -0.758. The Morgan fingerprint density at radius 2 is 1.36 bits per heavy atom. The molecule has 2 atom stereocenters. The zero-order valence-electron chi connectivity index (χ0n) is 45.8. The SMILES string of the molecule is CB(O)N1CCC[C@H]1C(=O)OCC(=O)c1ccc(Br)c2c(C)cn(COCC[Si](C)(C)C)c12.CC(=O)O.Cc1cn(COCC[Si](C)(C)C)c2c(-c3cnc([C@@H]4CCCN4C(=O)OC(C)(C)C)[nH]3)ccc(Br)c12.N. The van der Waals surface area contributed by atoms with Crippen LogP contribution in [-0.2, 0) is 42.0 Å². The first kappa shape index (κ1) is 62.4. The Bertz CT molecular complexity index is 2720. The first-order chi connectivity index (χ1) is 34.1. The molecule has 74 heavy (non-hydrogen) atoms. The van der Waals surface area contributed by atoms with Crippen LogP contribution in [0.4, 0.5) is 4.79 Å². The van der Waals surface area contributed by atoms with Gasteiger partial charge in [0.1, 0.15) is 30.9 Å². The molecule has 0 radical (unpaired) electrons. The number of aromatic nitrogens is 4. The van der Waals surface area contributed by atoms with Gasteiger partial charge in [-0.25, -0.2) is 9.78 Å². The van der Waals surface area contributed by atoms with Crippen molar-refractivity contribution in [3.05, 3.63) is 74.3 Å². The van der Waals surface area contributed by atoms with E-state index in [2.05, 4.69) is 106 Å². The lowest BCUT2D eigenvalue weighted by Gasteiger charge is -2.27. The Labute approximate surface area is 456 Å². The predicted molar refractivity (Wildman–Crippen MR) is 307 cm³/mol. The zero-order valence-corrected chi connectivity index (χ0v) is 51.0. The number of imidazole rings is 1. The molecule has 0 spiro atoms. The normalized spacial score (nSPS) is 16.1. The Morgan fingerprint density at radius 1 is 0.838 bits per heavy atom. The molecule has 2 saturated heterocycles. The van der Waals surface area contributed by atoms with Crippen LogP contribution in [0, 0.1) is 13.8 Å². The van der Waals surface area contributed by atoms with Gasteiger partial charge in [-0.3, -0.25) is 19.3 Å². The molecule has 3 aromatic heterocycles.